The predicted molar refractivity (Wildman–Crippen MR) is 74.5 cm³/mol. The second-order valence-corrected chi connectivity index (χ2v) is 4.52. The molecule has 1 amide bonds. The first-order valence-electron chi connectivity index (χ1n) is 6.29. The SMILES string of the molecule is COC(=O)[C@@H]1c2ccccc2C(=O)N1c1ccccc1. The lowest BCUT2D eigenvalue weighted by Gasteiger charge is -2.23. The molecule has 2 aromatic carbocycles. The highest BCUT2D eigenvalue weighted by molar-refractivity contribution is 6.15. The van der Waals surface area contributed by atoms with Gasteiger partial charge in [0, 0.05) is 11.3 Å². The van der Waals surface area contributed by atoms with Crippen molar-refractivity contribution in [1.29, 1.82) is 0 Å². The Hall–Kier alpha value is -2.62. The molecule has 4 nitrogen and oxygen atoms in total. The Morgan fingerprint density at radius 3 is 2.40 bits per heavy atom. The lowest BCUT2D eigenvalue weighted by Crippen LogP contribution is -2.33. The van der Waals surface area contributed by atoms with Crippen molar-refractivity contribution in [3.63, 3.8) is 0 Å². The monoisotopic (exact) mass is 267 g/mol. The average molecular weight is 267 g/mol. The Morgan fingerprint density at radius 1 is 1.05 bits per heavy atom. The molecule has 0 bridgehead atoms. The number of anilines is 1. The smallest absolute Gasteiger partial charge is 0.333 e. The molecular formula is C16H13NO3. The van der Waals surface area contributed by atoms with Gasteiger partial charge in [0.05, 0.1) is 7.11 Å². The number of para-hydroxylation sites is 1. The summed E-state index contributed by atoms with van der Waals surface area (Å²) in [5, 5.41) is 0. The minimum absolute atomic E-state index is 0.179. The third-order valence-corrected chi connectivity index (χ3v) is 3.42. The normalized spacial score (nSPS) is 16.9. The fraction of sp³-hybridized carbons (Fsp3) is 0.125. The number of rotatable bonds is 2. The number of carbonyl (C=O) groups excluding carboxylic acids is 2. The number of benzene rings is 2. The highest BCUT2D eigenvalue weighted by Crippen LogP contribution is 2.37. The van der Waals surface area contributed by atoms with Crippen LogP contribution in [0.25, 0.3) is 0 Å². The van der Waals surface area contributed by atoms with Crippen LogP contribution in [0.3, 0.4) is 0 Å². The molecule has 20 heavy (non-hydrogen) atoms. The standard InChI is InChI=1S/C16H13NO3/c1-20-16(19)14-12-9-5-6-10-13(12)15(18)17(14)11-7-3-2-4-8-11/h2-10,14H,1H3/t14-/m0/s1. The van der Waals surface area contributed by atoms with Gasteiger partial charge in [0.25, 0.3) is 5.91 Å². The molecule has 0 spiro atoms. The number of esters is 1. The summed E-state index contributed by atoms with van der Waals surface area (Å²) in [7, 11) is 1.33. The molecular weight excluding hydrogens is 254 g/mol. The lowest BCUT2D eigenvalue weighted by molar-refractivity contribution is -0.142. The average Bonchev–Trinajstić information content (AvgIpc) is 2.81. The summed E-state index contributed by atoms with van der Waals surface area (Å²) in [6.07, 6.45) is 0. The van der Waals surface area contributed by atoms with E-state index < -0.39 is 12.0 Å². The number of hydrogen-bond acceptors (Lipinski definition) is 3. The highest BCUT2D eigenvalue weighted by Gasteiger charge is 2.42. The van der Waals surface area contributed by atoms with Crippen LogP contribution in [0.15, 0.2) is 54.6 Å². The summed E-state index contributed by atoms with van der Waals surface area (Å²) < 4.78 is 4.86. The van der Waals surface area contributed by atoms with Gasteiger partial charge in [-0.05, 0) is 23.8 Å². The zero-order valence-electron chi connectivity index (χ0n) is 10.9. The van der Waals surface area contributed by atoms with Gasteiger partial charge in [-0.1, -0.05) is 36.4 Å². The summed E-state index contributed by atoms with van der Waals surface area (Å²) in [6.45, 7) is 0. The molecule has 0 fully saturated rings. The van der Waals surface area contributed by atoms with E-state index in [1.54, 1.807) is 30.3 Å². The van der Waals surface area contributed by atoms with Crippen LogP contribution in [0, 0.1) is 0 Å². The van der Waals surface area contributed by atoms with E-state index in [1.807, 2.05) is 24.3 Å². The maximum absolute atomic E-state index is 12.5. The van der Waals surface area contributed by atoms with Crippen molar-refractivity contribution in [2.75, 3.05) is 12.0 Å². The summed E-state index contributed by atoms with van der Waals surface area (Å²) >= 11 is 0. The van der Waals surface area contributed by atoms with Gasteiger partial charge in [-0.3, -0.25) is 9.69 Å². The Morgan fingerprint density at radius 2 is 1.70 bits per heavy atom. The Balaban J connectivity index is 2.15. The number of ether oxygens (including phenoxy) is 1. The van der Waals surface area contributed by atoms with E-state index in [0.717, 1.165) is 0 Å². The third-order valence-electron chi connectivity index (χ3n) is 3.42. The molecule has 0 saturated heterocycles. The molecule has 3 rings (SSSR count). The molecule has 0 aromatic heterocycles. The Bertz CT molecular complexity index is 666. The van der Waals surface area contributed by atoms with Crippen molar-refractivity contribution in [3.05, 3.63) is 65.7 Å². The number of nitrogens with zero attached hydrogens (tertiary/aromatic N) is 1. The van der Waals surface area contributed by atoms with Crippen molar-refractivity contribution in [2.45, 2.75) is 6.04 Å². The molecule has 0 aliphatic carbocycles. The second kappa shape index (κ2) is 4.81. The summed E-state index contributed by atoms with van der Waals surface area (Å²) in [5.74, 6) is -0.616. The van der Waals surface area contributed by atoms with E-state index in [9.17, 15) is 9.59 Å². The van der Waals surface area contributed by atoms with Gasteiger partial charge < -0.3 is 4.74 Å². The first kappa shape index (κ1) is 12.4. The van der Waals surface area contributed by atoms with Crippen LogP contribution in [0.4, 0.5) is 5.69 Å². The largest absolute Gasteiger partial charge is 0.467 e. The van der Waals surface area contributed by atoms with Gasteiger partial charge in [0.15, 0.2) is 6.04 Å². The summed E-state index contributed by atoms with van der Waals surface area (Å²) in [4.78, 5) is 26.1. The molecule has 0 saturated carbocycles. The highest BCUT2D eigenvalue weighted by atomic mass is 16.5. The summed E-state index contributed by atoms with van der Waals surface area (Å²) in [5.41, 5.74) is 1.92. The number of hydrogen-bond donors (Lipinski definition) is 0. The van der Waals surface area contributed by atoms with Gasteiger partial charge in [-0.25, -0.2) is 4.79 Å². The van der Waals surface area contributed by atoms with Crippen molar-refractivity contribution >= 4 is 17.6 Å². The first-order valence-corrected chi connectivity index (χ1v) is 6.29. The van der Waals surface area contributed by atoms with Crippen LogP contribution in [0.1, 0.15) is 22.0 Å². The van der Waals surface area contributed by atoms with E-state index >= 15 is 0 Å². The molecule has 0 unspecified atom stereocenters. The summed E-state index contributed by atoms with van der Waals surface area (Å²) in [6, 6.07) is 15.6. The third kappa shape index (κ3) is 1.77. The van der Waals surface area contributed by atoms with Crippen LogP contribution in [-0.4, -0.2) is 19.0 Å². The second-order valence-electron chi connectivity index (χ2n) is 4.52. The lowest BCUT2D eigenvalue weighted by atomic mass is 10.0. The van der Waals surface area contributed by atoms with Gasteiger partial charge in [0.1, 0.15) is 0 Å². The molecule has 1 aliphatic rings. The maximum atomic E-state index is 12.5. The van der Waals surface area contributed by atoms with Gasteiger partial charge in [-0.15, -0.1) is 0 Å². The zero-order chi connectivity index (χ0) is 14.1. The molecule has 1 aliphatic heterocycles. The van der Waals surface area contributed by atoms with E-state index in [4.69, 9.17) is 4.74 Å². The molecule has 0 N–H and O–H groups in total. The van der Waals surface area contributed by atoms with Crippen molar-refractivity contribution in [1.82, 2.24) is 0 Å². The van der Waals surface area contributed by atoms with E-state index in [-0.39, 0.29) is 5.91 Å². The van der Waals surface area contributed by atoms with Gasteiger partial charge >= 0.3 is 5.97 Å². The predicted octanol–water partition coefficient (Wildman–Crippen LogP) is 2.56. The van der Waals surface area contributed by atoms with Crippen LogP contribution in [0.5, 0.6) is 0 Å². The zero-order valence-corrected chi connectivity index (χ0v) is 10.9. The molecule has 2 aromatic rings. The quantitative estimate of drug-likeness (QED) is 0.786. The van der Waals surface area contributed by atoms with Crippen LogP contribution in [-0.2, 0) is 9.53 Å². The van der Waals surface area contributed by atoms with E-state index in [1.165, 1.54) is 12.0 Å². The topological polar surface area (TPSA) is 46.6 Å². The number of methoxy groups -OCH3 is 1. The van der Waals surface area contributed by atoms with Crippen LogP contribution in [0.2, 0.25) is 0 Å². The van der Waals surface area contributed by atoms with Crippen LogP contribution >= 0.6 is 0 Å². The van der Waals surface area contributed by atoms with Crippen molar-refractivity contribution < 1.29 is 14.3 Å². The molecule has 100 valence electrons. The Labute approximate surface area is 116 Å². The van der Waals surface area contributed by atoms with Crippen molar-refractivity contribution in [3.8, 4) is 0 Å². The number of fused-ring (bicyclic) bond motifs is 1. The number of carbonyl (C=O) groups is 2. The molecule has 1 heterocycles. The van der Waals surface area contributed by atoms with Gasteiger partial charge in [-0.2, -0.15) is 0 Å². The van der Waals surface area contributed by atoms with Crippen LogP contribution < -0.4 is 4.90 Å². The van der Waals surface area contributed by atoms with E-state index in [2.05, 4.69) is 0 Å². The minimum atomic E-state index is -0.717. The fourth-order valence-corrected chi connectivity index (χ4v) is 2.52. The molecule has 1 atom stereocenters. The number of amides is 1. The van der Waals surface area contributed by atoms with E-state index in [0.29, 0.717) is 16.8 Å². The van der Waals surface area contributed by atoms with Crippen molar-refractivity contribution in [2.24, 2.45) is 0 Å². The molecule has 0 radical (unpaired) electrons. The first-order chi connectivity index (χ1) is 9.74. The van der Waals surface area contributed by atoms with Gasteiger partial charge in [0.2, 0.25) is 0 Å². The minimum Gasteiger partial charge on any atom is -0.467 e. The fourth-order valence-electron chi connectivity index (χ4n) is 2.52. The maximum Gasteiger partial charge on any atom is 0.333 e. The molecule has 4 heteroatoms. The Kier molecular flexibility index (Phi) is 2.99.